The van der Waals surface area contributed by atoms with E-state index in [1.807, 2.05) is 13.8 Å². The maximum absolute atomic E-state index is 13.7. The monoisotopic (exact) mass is 242 g/mol. The summed E-state index contributed by atoms with van der Waals surface area (Å²) in [5.74, 6) is 0.386. The van der Waals surface area contributed by atoms with Crippen molar-refractivity contribution in [2.75, 3.05) is 0 Å². The predicted molar refractivity (Wildman–Crippen MR) is 63.8 cm³/mol. The summed E-state index contributed by atoms with van der Waals surface area (Å²) in [5, 5.41) is 0.511. The number of hydrogen-bond acceptors (Lipinski definition) is 1. The Bertz CT molecular complexity index is 386. The van der Waals surface area contributed by atoms with Gasteiger partial charge < -0.3 is 4.74 Å². The first kappa shape index (κ1) is 11.7. The van der Waals surface area contributed by atoms with Crippen molar-refractivity contribution in [3.05, 3.63) is 28.5 Å². The second-order valence-corrected chi connectivity index (χ2v) is 5.04. The van der Waals surface area contributed by atoms with Gasteiger partial charge in [0, 0.05) is 6.07 Å². The molecule has 0 saturated heterocycles. The lowest BCUT2D eigenvalue weighted by molar-refractivity contribution is 0.120. The third-order valence-corrected chi connectivity index (χ3v) is 3.31. The minimum absolute atomic E-state index is 0.134. The molecule has 1 saturated carbocycles. The standard InChI is InChI=1S/C13H16ClFO/c1-8(2)10-6-11(14)13(7-12(10)15)16-9-4-3-5-9/h6-9H,3-5H2,1-2H3. The molecule has 1 aliphatic rings. The molecule has 2 rings (SSSR count). The van der Waals surface area contributed by atoms with E-state index in [0.717, 1.165) is 12.8 Å². The van der Waals surface area contributed by atoms with Gasteiger partial charge in [0.1, 0.15) is 11.6 Å². The van der Waals surface area contributed by atoms with Gasteiger partial charge in [-0.05, 0) is 36.8 Å². The Kier molecular flexibility index (Phi) is 3.38. The minimum Gasteiger partial charge on any atom is -0.489 e. The summed E-state index contributed by atoms with van der Waals surface area (Å²) in [6.07, 6.45) is 3.50. The quantitative estimate of drug-likeness (QED) is 0.757. The molecule has 1 aliphatic carbocycles. The summed E-state index contributed by atoms with van der Waals surface area (Å²) in [7, 11) is 0. The maximum Gasteiger partial charge on any atom is 0.141 e. The zero-order valence-electron chi connectivity index (χ0n) is 9.59. The Morgan fingerprint density at radius 3 is 2.56 bits per heavy atom. The number of rotatable bonds is 3. The number of hydrogen-bond donors (Lipinski definition) is 0. The van der Waals surface area contributed by atoms with Crippen molar-refractivity contribution >= 4 is 11.6 Å². The maximum atomic E-state index is 13.7. The van der Waals surface area contributed by atoms with Crippen LogP contribution in [0.4, 0.5) is 4.39 Å². The summed E-state index contributed by atoms with van der Waals surface area (Å²) in [6.45, 7) is 3.89. The molecule has 0 N–H and O–H groups in total. The van der Waals surface area contributed by atoms with Crippen LogP contribution in [0.3, 0.4) is 0 Å². The molecule has 0 spiro atoms. The van der Waals surface area contributed by atoms with E-state index in [1.165, 1.54) is 12.5 Å². The van der Waals surface area contributed by atoms with Gasteiger partial charge in [0.2, 0.25) is 0 Å². The molecule has 3 heteroatoms. The third-order valence-electron chi connectivity index (χ3n) is 3.02. The van der Waals surface area contributed by atoms with Crippen LogP contribution >= 0.6 is 11.6 Å². The molecular formula is C13H16ClFO. The number of benzene rings is 1. The fourth-order valence-corrected chi connectivity index (χ4v) is 1.96. The highest BCUT2D eigenvalue weighted by Crippen LogP contribution is 2.34. The summed E-state index contributed by atoms with van der Waals surface area (Å²) < 4.78 is 19.3. The van der Waals surface area contributed by atoms with Crippen molar-refractivity contribution in [2.24, 2.45) is 0 Å². The molecule has 0 bridgehead atoms. The predicted octanol–water partition coefficient (Wildman–Crippen LogP) is 4.53. The molecule has 1 fully saturated rings. The van der Waals surface area contributed by atoms with E-state index < -0.39 is 0 Å². The molecule has 1 aromatic rings. The van der Waals surface area contributed by atoms with Crippen molar-refractivity contribution in [3.8, 4) is 5.75 Å². The smallest absolute Gasteiger partial charge is 0.141 e. The Hall–Kier alpha value is -0.760. The highest BCUT2D eigenvalue weighted by Gasteiger charge is 2.21. The van der Waals surface area contributed by atoms with Gasteiger partial charge in [-0.25, -0.2) is 4.39 Å². The van der Waals surface area contributed by atoms with Gasteiger partial charge in [-0.1, -0.05) is 25.4 Å². The lowest BCUT2D eigenvalue weighted by Gasteiger charge is -2.27. The van der Waals surface area contributed by atoms with Crippen molar-refractivity contribution in [1.29, 1.82) is 0 Å². The lowest BCUT2D eigenvalue weighted by Crippen LogP contribution is -2.24. The first-order chi connectivity index (χ1) is 7.58. The van der Waals surface area contributed by atoms with Crippen molar-refractivity contribution in [2.45, 2.75) is 45.1 Å². The topological polar surface area (TPSA) is 9.23 Å². The van der Waals surface area contributed by atoms with Gasteiger partial charge in [0.25, 0.3) is 0 Å². The molecule has 0 atom stereocenters. The second kappa shape index (κ2) is 4.62. The fourth-order valence-electron chi connectivity index (χ4n) is 1.74. The minimum atomic E-state index is -0.228. The van der Waals surface area contributed by atoms with Gasteiger partial charge >= 0.3 is 0 Å². The Morgan fingerprint density at radius 2 is 2.06 bits per heavy atom. The van der Waals surface area contributed by atoms with Crippen molar-refractivity contribution < 1.29 is 9.13 Å². The van der Waals surface area contributed by atoms with E-state index in [2.05, 4.69) is 0 Å². The number of halogens is 2. The van der Waals surface area contributed by atoms with Gasteiger partial charge in [0.05, 0.1) is 11.1 Å². The van der Waals surface area contributed by atoms with Crippen LogP contribution in [0.25, 0.3) is 0 Å². The average Bonchev–Trinajstić information content (AvgIpc) is 2.15. The Labute approximate surface area is 101 Å². The largest absolute Gasteiger partial charge is 0.489 e. The second-order valence-electron chi connectivity index (χ2n) is 4.63. The van der Waals surface area contributed by atoms with Gasteiger partial charge in [-0.3, -0.25) is 0 Å². The third kappa shape index (κ3) is 2.32. The van der Waals surface area contributed by atoms with Crippen LogP contribution in [0.2, 0.25) is 5.02 Å². The van der Waals surface area contributed by atoms with Crippen LogP contribution in [0.15, 0.2) is 12.1 Å². The highest BCUT2D eigenvalue weighted by atomic mass is 35.5. The van der Waals surface area contributed by atoms with E-state index in [1.54, 1.807) is 6.07 Å². The zero-order valence-corrected chi connectivity index (χ0v) is 10.4. The lowest BCUT2D eigenvalue weighted by atomic mass is 9.96. The van der Waals surface area contributed by atoms with Gasteiger partial charge in [-0.2, -0.15) is 0 Å². The van der Waals surface area contributed by atoms with E-state index in [0.29, 0.717) is 16.3 Å². The Morgan fingerprint density at radius 1 is 1.38 bits per heavy atom. The molecule has 0 radical (unpaired) electrons. The molecule has 0 aromatic heterocycles. The first-order valence-electron chi connectivity index (χ1n) is 5.73. The fraction of sp³-hybridized carbons (Fsp3) is 0.538. The van der Waals surface area contributed by atoms with Crippen LogP contribution in [-0.2, 0) is 0 Å². The molecule has 16 heavy (non-hydrogen) atoms. The molecule has 1 aromatic carbocycles. The average molecular weight is 243 g/mol. The van der Waals surface area contributed by atoms with Crippen LogP contribution in [0, 0.1) is 5.82 Å². The summed E-state index contributed by atoms with van der Waals surface area (Å²) in [6, 6.07) is 3.09. The summed E-state index contributed by atoms with van der Waals surface area (Å²) in [4.78, 5) is 0. The van der Waals surface area contributed by atoms with Crippen LogP contribution in [0.1, 0.15) is 44.6 Å². The van der Waals surface area contributed by atoms with E-state index in [9.17, 15) is 4.39 Å². The molecule has 0 heterocycles. The molecule has 0 unspecified atom stereocenters. The molecule has 0 aliphatic heterocycles. The normalized spacial score (nSPS) is 16.3. The van der Waals surface area contributed by atoms with Crippen molar-refractivity contribution in [3.63, 3.8) is 0 Å². The van der Waals surface area contributed by atoms with Crippen LogP contribution in [-0.4, -0.2) is 6.10 Å². The van der Waals surface area contributed by atoms with Crippen LogP contribution in [0.5, 0.6) is 5.75 Å². The van der Waals surface area contributed by atoms with Gasteiger partial charge in [-0.15, -0.1) is 0 Å². The first-order valence-corrected chi connectivity index (χ1v) is 6.11. The molecular weight excluding hydrogens is 227 g/mol. The summed E-state index contributed by atoms with van der Waals surface area (Å²) >= 11 is 6.08. The SMILES string of the molecule is CC(C)c1cc(Cl)c(OC2CCC2)cc1F. The van der Waals surface area contributed by atoms with Crippen LogP contribution < -0.4 is 4.74 Å². The summed E-state index contributed by atoms with van der Waals surface area (Å²) in [5.41, 5.74) is 0.644. The molecule has 88 valence electrons. The molecule has 1 nitrogen and oxygen atoms in total. The Balaban J connectivity index is 2.22. The molecule has 0 amide bonds. The van der Waals surface area contributed by atoms with E-state index in [-0.39, 0.29) is 17.8 Å². The number of ether oxygens (including phenoxy) is 1. The van der Waals surface area contributed by atoms with E-state index in [4.69, 9.17) is 16.3 Å². The zero-order chi connectivity index (χ0) is 11.7. The highest BCUT2D eigenvalue weighted by molar-refractivity contribution is 6.32. The van der Waals surface area contributed by atoms with E-state index >= 15 is 0 Å². The van der Waals surface area contributed by atoms with Crippen molar-refractivity contribution in [1.82, 2.24) is 0 Å². The van der Waals surface area contributed by atoms with Gasteiger partial charge in [0.15, 0.2) is 0 Å².